The number of amides is 1. The summed E-state index contributed by atoms with van der Waals surface area (Å²) in [6, 6.07) is 7.64. The zero-order valence-corrected chi connectivity index (χ0v) is 17.3. The Kier molecular flexibility index (Phi) is 11.9. The number of guanidine groups is 1. The number of carbonyl (C=O) groups excluding carboxylic acids is 1. The van der Waals surface area contributed by atoms with E-state index in [1.54, 1.807) is 7.05 Å². The first kappa shape index (κ1) is 23.0. The van der Waals surface area contributed by atoms with Gasteiger partial charge in [0.05, 0.1) is 6.61 Å². The highest BCUT2D eigenvalue weighted by Gasteiger charge is 2.05. The number of hydrogen-bond donors (Lipinski definition) is 3. The van der Waals surface area contributed by atoms with Crippen LogP contribution in [0.4, 0.5) is 0 Å². The number of carbonyl (C=O) groups is 1. The quantitative estimate of drug-likeness (QED) is 0.298. The average Bonchev–Trinajstić information content (AvgIpc) is 2.67. The van der Waals surface area contributed by atoms with Crippen molar-refractivity contribution >= 4 is 11.9 Å². The Morgan fingerprint density at radius 1 is 1.07 bits per heavy atom. The molecule has 0 saturated heterocycles. The molecule has 6 nitrogen and oxygen atoms in total. The van der Waals surface area contributed by atoms with Crippen LogP contribution in [0.15, 0.2) is 29.3 Å². The minimum atomic E-state index is -0.0158. The summed E-state index contributed by atoms with van der Waals surface area (Å²) in [5.41, 5.74) is 1.78. The molecular formula is C21H36N4O2. The largest absolute Gasteiger partial charge is 0.380 e. The molecular weight excluding hydrogens is 340 g/mol. The lowest BCUT2D eigenvalue weighted by atomic mass is 10.1. The molecule has 3 N–H and O–H groups in total. The Morgan fingerprint density at radius 3 is 2.44 bits per heavy atom. The van der Waals surface area contributed by atoms with Crippen LogP contribution in [-0.2, 0) is 11.3 Å². The van der Waals surface area contributed by atoms with Crippen LogP contribution in [-0.4, -0.2) is 45.2 Å². The van der Waals surface area contributed by atoms with Gasteiger partial charge in [-0.1, -0.05) is 39.3 Å². The molecule has 0 aliphatic rings. The second kappa shape index (κ2) is 14.0. The minimum absolute atomic E-state index is 0.0158. The molecule has 0 aromatic heterocycles. The zero-order chi connectivity index (χ0) is 19.9. The van der Waals surface area contributed by atoms with E-state index in [4.69, 9.17) is 4.74 Å². The summed E-state index contributed by atoms with van der Waals surface area (Å²) in [7, 11) is 1.75. The summed E-state index contributed by atoms with van der Waals surface area (Å²) in [6.07, 6.45) is 3.16. The van der Waals surface area contributed by atoms with Crippen molar-refractivity contribution in [2.24, 2.45) is 10.9 Å². The SMILES string of the molecule is CCCCNC(=O)c1ccc(CNC(=NC)NCCOCCC(C)C)cc1. The van der Waals surface area contributed by atoms with Crippen molar-refractivity contribution < 1.29 is 9.53 Å². The van der Waals surface area contributed by atoms with Gasteiger partial charge in [0, 0.05) is 38.9 Å². The van der Waals surface area contributed by atoms with Gasteiger partial charge in [-0.25, -0.2) is 0 Å². The standard InChI is InChI=1S/C21H36N4O2/c1-5-6-12-23-20(26)19-9-7-18(8-10-19)16-25-21(22-4)24-13-15-27-14-11-17(2)3/h7-10,17H,5-6,11-16H2,1-4H3,(H,23,26)(H2,22,24,25). The molecule has 0 spiro atoms. The first-order valence-electron chi connectivity index (χ1n) is 9.96. The van der Waals surface area contributed by atoms with Gasteiger partial charge >= 0.3 is 0 Å². The van der Waals surface area contributed by atoms with Gasteiger partial charge in [0.15, 0.2) is 5.96 Å². The number of nitrogens with zero attached hydrogens (tertiary/aromatic N) is 1. The van der Waals surface area contributed by atoms with Crippen LogP contribution in [0, 0.1) is 5.92 Å². The molecule has 0 fully saturated rings. The molecule has 1 rings (SSSR count). The van der Waals surface area contributed by atoms with Crippen molar-refractivity contribution in [3.63, 3.8) is 0 Å². The van der Waals surface area contributed by atoms with Crippen LogP contribution in [0.1, 0.15) is 56.0 Å². The molecule has 0 aliphatic heterocycles. The first-order valence-corrected chi connectivity index (χ1v) is 9.96. The summed E-state index contributed by atoms with van der Waals surface area (Å²) in [5.74, 6) is 1.39. The Morgan fingerprint density at radius 2 is 1.81 bits per heavy atom. The van der Waals surface area contributed by atoms with Gasteiger partial charge in [0.1, 0.15) is 0 Å². The van der Waals surface area contributed by atoms with Gasteiger partial charge in [-0.2, -0.15) is 0 Å². The summed E-state index contributed by atoms with van der Waals surface area (Å²) in [4.78, 5) is 16.2. The third-order valence-corrected chi connectivity index (χ3v) is 4.09. The van der Waals surface area contributed by atoms with Crippen molar-refractivity contribution in [2.75, 3.05) is 33.4 Å². The van der Waals surface area contributed by atoms with Crippen LogP contribution in [0.3, 0.4) is 0 Å². The lowest BCUT2D eigenvalue weighted by molar-refractivity contribution is 0.0953. The normalized spacial score (nSPS) is 11.5. The summed E-state index contributed by atoms with van der Waals surface area (Å²) >= 11 is 0. The van der Waals surface area contributed by atoms with E-state index >= 15 is 0 Å². The van der Waals surface area contributed by atoms with Crippen molar-refractivity contribution in [1.29, 1.82) is 0 Å². The van der Waals surface area contributed by atoms with E-state index in [0.29, 0.717) is 31.2 Å². The van der Waals surface area contributed by atoms with Crippen molar-refractivity contribution in [3.8, 4) is 0 Å². The van der Waals surface area contributed by atoms with E-state index in [0.717, 1.165) is 43.9 Å². The summed E-state index contributed by atoms with van der Waals surface area (Å²) in [5, 5.41) is 9.43. The first-order chi connectivity index (χ1) is 13.1. The van der Waals surface area contributed by atoms with Crippen LogP contribution in [0.25, 0.3) is 0 Å². The van der Waals surface area contributed by atoms with E-state index in [9.17, 15) is 4.79 Å². The predicted octanol–water partition coefficient (Wildman–Crippen LogP) is 2.94. The second-order valence-corrected chi connectivity index (χ2v) is 6.95. The molecule has 0 aliphatic carbocycles. The summed E-state index contributed by atoms with van der Waals surface area (Å²) < 4.78 is 5.59. The maximum Gasteiger partial charge on any atom is 0.251 e. The molecule has 1 amide bonds. The average molecular weight is 377 g/mol. The monoisotopic (exact) mass is 376 g/mol. The van der Waals surface area contributed by atoms with E-state index in [1.165, 1.54) is 0 Å². The molecule has 152 valence electrons. The molecule has 0 unspecified atom stereocenters. The molecule has 0 bridgehead atoms. The van der Waals surface area contributed by atoms with Crippen molar-refractivity contribution in [1.82, 2.24) is 16.0 Å². The lowest BCUT2D eigenvalue weighted by Crippen LogP contribution is -2.38. The van der Waals surface area contributed by atoms with E-state index in [1.807, 2.05) is 24.3 Å². The van der Waals surface area contributed by atoms with Crippen molar-refractivity contribution in [3.05, 3.63) is 35.4 Å². The highest BCUT2D eigenvalue weighted by molar-refractivity contribution is 5.94. The van der Waals surface area contributed by atoms with Gasteiger partial charge in [0.2, 0.25) is 0 Å². The molecule has 0 radical (unpaired) electrons. The molecule has 0 saturated carbocycles. The Hall–Kier alpha value is -2.08. The van der Waals surface area contributed by atoms with Gasteiger partial charge in [-0.3, -0.25) is 9.79 Å². The molecule has 0 atom stereocenters. The van der Waals surface area contributed by atoms with Gasteiger partial charge < -0.3 is 20.7 Å². The van der Waals surface area contributed by atoms with E-state index in [2.05, 4.69) is 41.7 Å². The fourth-order valence-corrected chi connectivity index (χ4v) is 2.32. The summed E-state index contributed by atoms with van der Waals surface area (Å²) in [6.45, 7) is 10.0. The Labute approximate surface area is 164 Å². The maximum absolute atomic E-state index is 12.0. The highest BCUT2D eigenvalue weighted by Crippen LogP contribution is 2.04. The maximum atomic E-state index is 12.0. The fourth-order valence-electron chi connectivity index (χ4n) is 2.32. The van der Waals surface area contributed by atoms with Gasteiger partial charge in [0.25, 0.3) is 5.91 Å². The van der Waals surface area contributed by atoms with Gasteiger partial charge in [-0.15, -0.1) is 0 Å². The van der Waals surface area contributed by atoms with Crippen LogP contribution >= 0.6 is 0 Å². The Balaban J connectivity index is 2.29. The van der Waals surface area contributed by atoms with Gasteiger partial charge in [-0.05, 0) is 36.5 Å². The number of benzene rings is 1. The molecule has 1 aromatic rings. The highest BCUT2D eigenvalue weighted by atomic mass is 16.5. The van der Waals surface area contributed by atoms with Crippen LogP contribution < -0.4 is 16.0 Å². The number of aliphatic imine (C=N–C) groups is 1. The molecule has 27 heavy (non-hydrogen) atoms. The third kappa shape index (κ3) is 10.6. The lowest BCUT2D eigenvalue weighted by Gasteiger charge is -2.13. The Bertz CT molecular complexity index is 556. The minimum Gasteiger partial charge on any atom is -0.380 e. The van der Waals surface area contributed by atoms with Crippen LogP contribution in [0.2, 0.25) is 0 Å². The number of nitrogens with one attached hydrogen (secondary N) is 3. The third-order valence-electron chi connectivity index (χ3n) is 4.09. The number of ether oxygens (including phenoxy) is 1. The predicted molar refractivity (Wildman–Crippen MR) is 112 cm³/mol. The van der Waals surface area contributed by atoms with Crippen LogP contribution in [0.5, 0.6) is 0 Å². The molecule has 0 heterocycles. The van der Waals surface area contributed by atoms with E-state index in [-0.39, 0.29) is 5.91 Å². The smallest absolute Gasteiger partial charge is 0.251 e. The number of hydrogen-bond acceptors (Lipinski definition) is 3. The second-order valence-electron chi connectivity index (χ2n) is 6.95. The fraction of sp³-hybridized carbons (Fsp3) is 0.619. The van der Waals surface area contributed by atoms with E-state index < -0.39 is 0 Å². The molecule has 6 heteroatoms. The number of unbranched alkanes of at least 4 members (excludes halogenated alkanes) is 1. The topological polar surface area (TPSA) is 74.8 Å². The molecule has 1 aromatic carbocycles. The van der Waals surface area contributed by atoms with Crippen molar-refractivity contribution in [2.45, 2.75) is 46.6 Å². The zero-order valence-electron chi connectivity index (χ0n) is 17.3. The number of rotatable bonds is 12.